The summed E-state index contributed by atoms with van der Waals surface area (Å²) >= 11 is 0. The lowest BCUT2D eigenvalue weighted by Gasteiger charge is -2.34. The molecule has 2 aliphatic rings. The molecular formula is C20H18N6O4. The molecule has 2 aliphatic heterocycles. The number of aromatic hydroxyl groups is 1. The fourth-order valence-electron chi connectivity index (χ4n) is 3.11. The zero-order valence-electron chi connectivity index (χ0n) is 15.9. The van der Waals surface area contributed by atoms with Gasteiger partial charge in [0.2, 0.25) is 5.91 Å². The summed E-state index contributed by atoms with van der Waals surface area (Å²) in [5.41, 5.74) is 6.99. The standard InChI is InChI=1S/C20H18N6O4/c1-30-17-8-12(6-7-16(17)27)10-22-23-18(28)9-15-20(29)25-24-19-13-4-2-3-5-14(13)21-11-26(15)19/h2-8,10-11,15,27H,9H2,1H3,(H,23,28)(H,25,29)/b22-10+. The second kappa shape index (κ2) is 8.03. The number of benzene rings is 2. The topological polar surface area (TPSA) is 128 Å². The lowest BCUT2D eigenvalue weighted by molar-refractivity contribution is -0.130. The van der Waals surface area contributed by atoms with Crippen LogP contribution in [0, 0.1) is 0 Å². The predicted octanol–water partition coefficient (Wildman–Crippen LogP) is 1.08. The van der Waals surface area contributed by atoms with Gasteiger partial charge in [-0.1, -0.05) is 12.1 Å². The second-order valence-corrected chi connectivity index (χ2v) is 6.52. The van der Waals surface area contributed by atoms with Gasteiger partial charge in [-0.3, -0.25) is 9.59 Å². The van der Waals surface area contributed by atoms with Gasteiger partial charge in [-0.15, -0.1) is 0 Å². The number of hydrogen-bond acceptors (Lipinski definition) is 8. The number of nitrogens with zero attached hydrogens (tertiary/aromatic N) is 4. The van der Waals surface area contributed by atoms with Gasteiger partial charge in [0.05, 0.1) is 31.8 Å². The second-order valence-electron chi connectivity index (χ2n) is 6.52. The largest absolute Gasteiger partial charge is 0.504 e. The number of rotatable bonds is 5. The normalized spacial score (nSPS) is 17.1. The lowest BCUT2D eigenvalue weighted by atomic mass is 10.1. The van der Waals surface area contributed by atoms with Crippen molar-refractivity contribution in [2.75, 3.05) is 7.11 Å². The first-order valence-electron chi connectivity index (χ1n) is 9.05. The van der Waals surface area contributed by atoms with Crippen LogP contribution in [0.1, 0.15) is 17.5 Å². The van der Waals surface area contributed by atoms with Crippen molar-refractivity contribution >= 4 is 35.9 Å². The van der Waals surface area contributed by atoms with Gasteiger partial charge in [-0.25, -0.2) is 15.8 Å². The minimum absolute atomic E-state index is 0.00392. The zero-order chi connectivity index (χ0) is 21.1. The maximum atomic E-state index is 12.4. The van der Waals surface area contributed by atoms with Crippen LogP contribution in [0.3, 0.4) is 0 Å². The van der Waals surface area contributed by atoms with Gasteiger partial charge in [0.15, 0.2) is 17.3 Å². The van der Waals surface area contributed by atoms with E-state index in [1.54, 1.807) is 17.0 Å². The van der Waals surface area contributed by atoms with Gasteiger partial charge in [-0.2, -0.15) is 10.2 Å². The third kappa shape index (κ3) is 3.70. The Labute approximate surface area is 171 Å². The van der Waals surface area contributed by atoms with Crippen LogP contribution in [0.5, 0.6) is 11.5 Å². The fraction of sp³-hybridized carbons (Fsp3) is 0.150. The number of para-hydroxylation sites is 1. The number of phenols is 1. The summed E-state index contributed by atoms with van der Waals surface area (Å²) in [4.78, 5) is 30.6. The Morgan fingerprint density at radius 1 is 1.37 bits per heavy atom. The van der Waals surface area contributed by atoms with Gasteiger partial charge in [0, 0.05) is 5.56 Å². The Balaban J connectivity index is 1.43. The summed E-state index contributed by atoms with van der Waals surface area (Å²) in [6.07, 6.45) is 2.77. The smallest absolute Gasteiger partial charge is 0.263 e. The van der Waals surface area contributed by atoms with Crippen LogP contribution in [-0.2, 0) is 9.59 Å². The molecule has 0 aromatic heterocycles. The molecule has 3 N–H and O–H groups in total. The summed E-state index contributed by atoms with van der Waals surface area (Å²) in [5, 5.41) is 17.6. The molecule has 2 aromatic rings. The highest BCUT2D eigenvalue weighted by atomic mass is 16.5. The van der Waals surface area contributed by atoms with Crippen molar-refractivity contribution < 1.29 is 19.4 Å². The number of amides is 2. The first kappa shape index (κ1) is 19.1. The van der Waals surface area contributed by atoms with E-state index in [0.29, 0.717) is 17.1 Å². The number of ether oxygens (including phenoxy) is 1. The summed E-state index contributed by atoms with van der Waals surface area (Å²) in [7, 11) is 1.44. The molecule has 0 saturated heterocycles. The quantitative estimate of drug-likeness (QED) is 0.506. The Kier molecular flexibility index (Phi) is 5.12. The highest BCUT2D eigenvalue weighted by Gasteiger charge is 2.36. The van der Waals surface area contributed by atoms with Gasteiger partial charge in [0.1, 0.15) is 6.04 Å². The molecule has 0 saturated carbocycles. The van der Waals surface area contributed by atoms with Crippen molar-refractivity contribution in [2.24, 2.45) is 15.2 Å². The Morgan fingerprint density at radius 3 is 3.03 bits per heavy atom. The molecule has 0 bridgehead atoms. The highest BCUT2D eigenvalue weighted by Crippen LogP contribution is 2.27. The minimum Gasteiger partial charge on any atom is -0.504 e. The summed E-state index contributed by atoms with van der Waals surface area (Å²) in [6, 6.07) is 11.3. The molecule has 0 radical (unpaired) electrons. The molecule has 2 heterocycles. The average molecular weight is 406 g/mol. The van der Waals surface area contributed by atoms with Crippen molar-refractivity contribution in [3.8, 4) is 11.5 Å². The van der Waals surface area contributed by atoms with E-state index in [-0.39, 0.29) is 12.2 Å². The number of amidine groups is 1. The van der Waals surface area contributed by atoms with E-state index < -0.39 is 17.9 Å². The maximum absolute atomic E-state index is 12.4. The number of fused-ring (bicyclic) bond motifs is 3. The van der Waals surface area contributed by atoms with Gasteiger partial charge >= 0.3 is 0 Å². The van der Waals surface area contributed by atoms with E-state index in [1.807, 2.05) is 24.3 Å². The van der Waals surface area contributed by atoms with Gasteiger partial charge < -0.3 is 14.7 Å². The monoisotopic (exact) mass is 406 g/mol. The first-order valence-corrected chi connectivity index (χ1v) is 9.05. The van der Waals surface area contributed by atoms with Crippen molar-refractivity contribution in [3.05, 3.63) is 53.6 Å². The lowest BCUT2D eigenvalue weighted by Crippen LogP contribution is -2.55. The molecule has 0 aliphatic carbocycles. The van der Waals surface area contributed by atoms with Crippen LogP contribution in [0.25, 0.3) is 0 Å². The third-order valence-electron chi connectivity index (χ3n) is 4.61. The molecule has 10 nitrogen and oxygen atoms in total. The number of nitrogens with one attached hydrogen (secondary N) is 2. The molecule has 152 valence electrons. The number of aliphatic imine (C=N–C) groups is 1. The van der Waals surface area contributed by atoms with Gasteiger partial charge in [0.25, 0.3) is 5.91 Å². The van der Waals surface area contributed by atoms with Crippen molar-refractivity contribution in [3.63, 3.8) is 0 Å². The Morgan fingerprint density at radius 2 is 2.20 bits per heavy atom. The van der Waals surface area contributed by atoms with Gasteiger partial charge in [-0.05, 0) is 35.9 Å². The van der Waals surface area contributed by atoms with Crippen molar-refractivity contribution in [1.82, 2.24) is 15.8 Å². The predicted molar refractivity (Wildman–Crippen MR) is 110 cm³/mol. The molecule has 0 spiro atoms. The van der Waals surface area contributed by atoms with Crippen molar-refractivity contribution in [1.29, 1.82) is 0 Å². The van der Waals surface area contributed by atoms with E-state index in [1.165, 1.54) is 25.7 Å². The van der Waals surface area contributed by atoms with Crippen LogP contribution in [-0.4, -0.2) is 53.4 Å². The molecule has 2 amide bonds. The first-order chi connectivity index (χ1) is 14.6. The highest BCUT2D eigenvalue weighted by molar-refractivity contribution is 6.14. The zero-order valence-corrected chi connectivity index (χ0v) is 15.9. The van der Waals surface area contributed by atoms with E-state index >= 15 is 0 Å². The number of carbonyl (C=O) groups excluding carboxylic acids is 2. The van der Waals surface area contributed by atoms with Crippen LogP contribution in [0.15, 0.2) is 57.7 Å². The summed E-state index contributed by atoms with van der Waals surface area (Å²) < 4.78 is 5.03. The Hall–Kier alpha value is -4.21. The van der Waals surface area contributed by atoms with Crippen LogP contribution < -0.4 is 15.6 Å². The van der Waals surface area contributed by atoms with Crippen molar-refractivity contribution in [2.45, 2.75) is 12.5 Å². The van der Waals surface area contributed by atoms with E-state index in [9.17, 15) is 14.7 Å². The summed E-state index contributed by atoms with van der Waals surface area (Å²) in [5.74, 6) is -0.0415. The molecule has 1 atom stereocenters. The molecule has 1 unspecified atom stereocenters. The fourth-order valence-corrected chi connectivity index (χ4v) is 3.11. The molecular weight excluding hydrogens is 388 g/mol. The number of carbonyl (C=O) groups is 2. The Bertz CT molecular complexity index is 1090. The van der Waals surface area contributed by atoms with Crippen LogP contribution in [0.2, 0.25) is 0 Å². The van der Waals surface area contributed by atoms with E-state index in [4.69, 9.17) is 4.74 Å². The third-order valence-corrected chi connectivity index (χ3v) is 4.61. The number of phenolic OH excluding ortho intramolecular Hbond substituents is 1. The average Bonchev–Trinajstić information content (AvgIpc) is 2.76. The molecule has 2 aromatic carbocycles. The number of hydrogen-bond donors (Lipinski definition) is 3. The molecule has 10 heteroatoms. The molecule has 0 fully saturated rings. The number of hydrazone groups is 2. The molecule has 30 heavy (non-hydrogen) atoms. The summed E-state index contributed by atoms with van der Waals surface area (Å²) in [6.45, 7) is 0. The van der Waals surface area contributed by atoms with Crippen LogP contribution >= 0.6 is 0 Å². The SMILES string of the molecule is COc1cc(/C=N/NC(=O)CC2C(=O)NN=C3c4ccccc4N=CN32)ccc1O. The number of methoxy groups -OCH3 is 1. The van der Waals surface area contributed by atoms with E-state index in [0.717, 1.165) is 11.3 Å². The molecule has 4 rings (SSSR count). The van der Waals surface area contributed by atoms with Crippen LogP contribution in [0.4, 0.5) is 5.69 Å². The van der Waals surface area contributed by atoms with E-state index in [2.05, 4.69) is 26.0 Å². The maximum Gasteiger partial charge on any atom is 0.263 e. The minimum atomic E-state index is -0.807.